The van der Waals surface area contributed by atoms with Crippen LogP contribution in [-0.2, 0) is 20.8 Å². The molecular formula is C34H39ClF2N4O5S2. The van der Waals surface area contributed by atoms with Crippen LogP contribution in [0.5, 0.6) is 0 Å². The molecule has 14 heteroatoms. The molecule has 1 aliphatic carbocycles. The van der Waals surface area contributed by atoms with Crippen molar-refractivity contribution in [3.63, 3.8) is 0 Å². The molecule has 258 valence electrons. The summed E-state index contributed by atoms with van der Waals surface area (Å²) in [7, 11) is 3.58. The molecule has 2 heterocycles. The van der Waals surface area contributed by atoms with Crippen molar-refractivity contribution in [2.75, 3.05) is 53.7 Å². The number of fused-ring (bicyclic) bond motifs is 1. The summed E-state index contributed by atoms with van der Waals surface area (Å²) in [4.78, 5) is 34.9. The van der Waals surface area contributed by atoms with E-state index in [0.29, 0.717) is 45.5 Å². The smallest absolute Gasteiger partial charge is 0.409 e. The van der Waals surface area contributed by atoms with Crippen LogP contribution in [0.4, 0.5) is 13.6 Å². The number of likely N-dealkylation sites (N-methyl/N-ethyl adjacent to an activating group) is 1. The van der Waals surface area contributed by atoms with Crippen LogP contribution < -0.4 is 5.32 Å². The first-order valence-electron chi connectivity index (χ1n) is 15.8. The number of amides is 2. The van der Waals surface area contributed by atoms with E-state index in [0.717, 1.165) is 46.1 Å². The normalized spacial score (nSPS) is 16.3. The summed E-state index contributed by atoms with van der Waals surface area (Å²) < 4.78 is 45.7. The van der Waals surface area contributed by atoms with Crippen molar-refractivity contribution in [3.05, 3.63) is 75.1 Å². The molecule has 0 unspecified atom stereocenters. The van der Waals surface area contributed by atoms with Crippen molar-refractivity contribution < 1.29 is 32.6 Å². The highest BCUT2D eigenvalue weighted by Crippen LogP contribution is 2.40. The molecule has 2 aromatic heterocycles. The summed E-state index contributed by atoms with van der Waals surface area (Å²) in [5.41, 5.74) is 1.83. The average Bonchev–Trinajstić information content (AvgIpc) is 3.77. The molecule has 0 spiro atoms. The largest absolute Gasteiger partial charge is 0.447 e. The van der Waals surface area contributed by atoms with Crippen molar-refractivity contribution in [1.82, 2.24) is 20.1 Å². The number of halogens is 3. The van der Waals surface area contributed by atoms with Gasteiger partial charge in [0.1, 0.15) is 28.1 Å². The summed E-state index contributed by atoms with van der Waals surface area (Å²) in [6, 6.07) is 9.63. The van der Waals surface area contributed by atoms with E-state index >= 15 is 0 Å². The highest BCUT2D eigenvalue weighted by molar-refractivity contribution is 7.21. The number of carbonyl (C=O) groups is 2. The Morgan fingerprint density at radius 3 is 2.42 bits per heavy atom. The minimum atomic E-state index is -0.675. The minimum Gasteiger partial charge on any atom is -0.447 e. The van der Waals surface area contributed by atoms with Crippen LogP contribution in [-0.4, -0.2) is 92.5 Å². The second kappa shape index (κ2) is 17.5. The van der Waals surface area contributed by atoms with Crippen LogP contribution in [0.2, 0.25) is 5.02 Å². The molecular weight excluding hydrogens is 682 g/mol. The fraction of sp³-hybridized carbons (Fsp3) is 0.441. The van der Waals surface area contributed by atoms with Gasteiger partial charge in [0.25, 0.3) is 5.91 Å². The van der Waals surface area contributed by atoms with E-state index in [2.05, 4.69) is 10.3 Å². The van der Waals surface area contributed by atoms with E-state index in [1.165, 1.54) is 11.3 Å². The third kappa shape index (κ3) is 8.87. The van der Waals surface area contributed by atoms with Crippen LogP contribution in [0, 0.1) is 11.6 Å². The third-order valence-corrected chi connectivity index (χ3v) is 10.9. The number of rotatable bonds is 15. The van der Waals surface area contributed by atoms with E-state index in [4.69, 9.17) is 25.8 Å². The lowest BCUT2D eigenvalue weighted by Crippen LogP contribution is -2.46. The number of carbonyl (C=O) groups excluding carboxylic acids is 2. The molecule has 9 nitrogen and oxygen atoms in total. The molecule has 5 rings (SSSR count). The number of hydrogen-bond donors (Lipinski definition) is 1. The SMILES string of the molecule is CNCCOCCOCCOC(=O)N(C)C1CCC(N(Cc2cccc(-c3nccs3)c2)C(=O)c2sc3c(F)ccc(F)c3c2Cl)CC1. The molecule has 0 radical (unpaired) electrons. The number of aromatic nitrogens is 1. The van der Waals surface area contributed by atoms with Gasteiger partial charge in [-0.25, -0.2) is 18.6 Å². The van der Waals surface area contributed by atoms with E-state index in [-0.39, 0.29) is 57.7 Å². The zero-order chi connectivity index (χ0) is 34.0. The van der Waals surface area contributed by atoms with Crippen molar-refractivity contribution in [2.24, 2.45) is 0 Å². The number of hydrogen-bond acceptors (Lipinski definition) is 9. The molecule has 4 aromatic rings. The van der Waals surface area contributed by atoms with Crippen LogP contribution in [0.3, 0.4) is 0 Å². The van der Waals surface area contributed by atoms with Crippen molar-refractivity contribution in [1.29, 1.82) is 0 Å². The molecule has 1 saturated carbocycles. The Hall–Kier alpha value is -3.20. The van der Waals surface area contributed by atoms with Gasteiger partial charge in [0.05, 0.1) is 41.5 Å². The summed E-state index contributed by atoms with van der Waals surface area (Å²) >= 11 is 8.97. The second-order valence-corrected chi connectivity index (χ2v) is 13.8. The zero-order valence-corrected chi connectivity index (χ0v) is 29.3. The first-order chi connectivity index (χ1) is 23.3. The lowest BCUT2D eigenvalue weighted by Gasteiger charge is -2.39. The number of nitrogens with one attached hydrogen (secondary N) is 1. The van der Waals surface area contributed by atoms with Gasteiger partial charge in [-0.2, -0.15) is 0 Å². The molecule has 0 atom stereocenters. The second-order valence-electron chi connectivity index (χ2n) is 11.5. The number of nitrogens with zero attached hydrogens (tertiary/aromatic N) is 3. The Morgan fingerprint density at radius 2 is 1.71 bits per heavy atom. The first-order valence-corrected chi connectivity index (χ1v) is 17.9. The number of ether oxygens (including phenoxy) is 3. The van der Waals surface area contributed by atoms with Gasteiger partial charge >= 0.3 is 6.09 Å². The van der Waals surface area contributed by atoms with E-state index in [1.54, 1.807) is 23.0 Å². The molecule has 1 fully saturated rings. The molecule has 2 aromatic carbocycles. The number of thiophene rings is 1. The van der Waals surface area contributed by atoms with Crippen LogP contribution in [0.1, 0.15) is 40.9 Å². The third-order valence-electron chi connectivity index (χ3n) is 8.36. The average molecular weight is 721 g/mol. The Balaban J connectivity index is 1.25. The molecule has 2 amide bonds. The van der Waals surface area contributed by atoms with Gasteiger partial charge in [0.15, 0.2) is 0 Å². The van der Waals surface area contributed by atoms with Crippen LogP contribution in [0.15, 0.2) is 48.0 Å². The lowest BCUT2D eigenvalue weighted by atomic mass is 9.89. The predicted molar refractivity (Wildman–Crippen MR) is 185 cm³/mol. The van der Waals surface area contributed by atoms with Gasteiger partial charge < -0.3 is 29.3 Å². The van der Waals surface area contributed by atoms with Crippen molar-refractivity contribution in [3.8, 4) is 10.6 Å². The van der Waals surface area contributed by atoms with E-state index < -0.39 is 17.7 Å². The topological polar surface area (TPSA) is 93.2 Å². The predicted octanol–water partition coefficient (Wildman–Crippen LogP) is 7.23. The fourth-order valence-electron chi connectivity index (χ4n) is 5.79. The van der Waals surface area contributed by atoms with E-state index in [1.807, 2.05) is 36.7 Å². The van der Waals surface area contributed by atoms with Crippen molar-refractivity contribution in [2.45, 2.75) is 44.3 Å². The summed E-state index contributed by atoms with van der Waals surface area (Å²) in [6.07, 6.45) is 3.82. The summed E-state index contributed by atoms with van der Waals surface area (Å²) in [6.45, 7) is 2.94. The van der Waals surface area contributed by atoms with Gasteiger partial charge in [0.2, 0.25) is 0 Å². The monoisotopic (exact) mass is 720 g/mol. The maximum absolute atomic E-state index is 14.7. The first kappa shape index (κ1) is 36.1. The number of thiazole rings is 1. The standard InChI is InChI=1S/C34H39ClF2N4O5S2/c1-38-12-14-44-15-16-45-17-18-46-34(43)40(2)24-6-8-25(9-7-24)41(21-22-4-3-5-23(20-22)32-39-13-19-47-32)33(42)31-29(35)28-26(36)10-11-27(37)30(28)48-31/h3-5,10-11,13,19-20,24-25,38H,6-9,12,14-18,21H2,1-2H3. The van der Waals surface area contributed by atoms with Gasteiger partial charge in [-0.15, -0.1) is 22.7 Å². The molecule has 0 bridgehead atoms. The van der Waals surface area contributed by atoms with Gasteiger partial charge in [-0.3, -0.25) is 4.79 Å². The Kier molecular flexibility index (Phi) is 13.1. The molecule has 1 N–H and O–H groups in total. The zero-order valence-electron chi connectivity index (χ0n) is 26.9. The molecule has 0 saturated heterocycles. The van der Waals surface area contributed by atoms with Crippen molar-refractivity contribution >= 4 is 56.4 Å². The van der Waals surface area contributed by atoms with Gasteiger partial charge in [-0.1, -0.05) is 29.8 Å². The lowest BCUT2D eigenvalue weighted by molar-refractivity contribution is 0.0192. The molecule has 1 aliphatic rings. The maximum Gasteiger partial charge on any atom is 0.409 e. The quantitative estimate of drug-likeness (QED) is 0.130. The minimum absolute atomic E-state index is 0.0150. The highest BCUT2D eigenvalue weighted by atomic mass is 35.5. The summed E-state index contributed by atoms with van der Waals surface area (Å²) in [5.74, 6) is -1.69. The Labute approximate surface area is 291 Å². The Bertz CT molecular complexity index is 1670. The van der Waals surface area contributed by atoms with Gasteiger partial charge in [-0.05, 0) is 56.5 Å². The maximum atomic E-state index is 14.7. The van der Waals surface area contributed by atoms with Crippen LogP contribution >= 0.6 is 34.3 Å². The highest BCUT2D eigenvalue weighted by Gasteiger charge is 2.34. The molecule has 48 heavy (non-hydrogen) atoms. The van der Waals surface area contributed by atoms with Crippen LogP contribution in [0.25, 0.3) is 20.7 Å². The van der Waals surface area contributed by atoms with E-state index in [9.17, 15) is 18.4 Å². The number of benzene rings is 2. The fourth-order valence-corrected chi connectivity index (χ4v) is 7.93. The Morgan fingerprint density at radius 1 is 1.00 bits per heavy atom. The summed E-state index contributed by atoms with van der Waals surface area (Å²) in [5, 5.41) is 5.61. The van der Waals surface area contributed by atoms with Gasteiger partial charge in [0, 0.05) is 49.4 Å². The molecule has 0 aliphatic heterocycles.